The van der Waals surface area contributed by atoms with Crippen LogP contribution >= 0.6 is 11.3 Å². The van der Waals surface area contributed by atoms with Crippen molar-refractivity contribution in [1.29, 1.82) is 0 Å². The summed E-state index contributed by atoms with van der Waals surface area (Å²) in [6.45, 7) is 1.08. The standard InChI is InChI=1S/C14H18N2O3S/c1-15(2)14(18)10-7-16(11-3-5-19-12(10)11)13(17)9-4-6-20-8-9/h4,6,8,10-12H,3,5,7H2,1-2H3/t10-,11+,12-/m1/s1. The van der Waals surface area contributed by atoms with Crippen molar-refractivity contribution in [3.63, 3.8) is 0 Å². The topological polar surface area (TPSA) is 49.9 Å². The van der Waals surface area contributed by atoms with Crippen LogP contribution in [0, 0.1) is 5.92 Å². The second kappa shape index (κ2) is 5.18. The molecule has 5 nitrogen and oxygen atoms in total. The van der Waals surface area contributed by atoms with Crippen LogP contribution in [0.1, 0.15) is 16.8 Å². The van der Waals surface area contributed by atoms with Crippen molar-refractivity contribution in [2.24, 2.45) is 5.92 Å². The van der Waals surface area contributed by atoms with E-state index in [0.29, 0.717) is 18.7 Å². The SMILES string of the molecule is CN(C)C(=O)[C@@H]1CN(C(=O)c2ccsc2)[C@H]2CCO[C@H]12. The fourth-order valence-corrected chi connectivity index (χ4v) is 3.73. The summed E-state index contributed by atoms with van der Waals surface area (Å²) in [6, 6.07) is 1.87. The third kappa shape index (κ3) is 2.13. The Hall–Kier alpha value is -1.40. The summed E-state index contributed by atoms with van der Waals surface area (Å²) < 4.78 is 5.72. The average Bonchev–Trinajstić information content (AvgIpc) is 3.13. The first kappa shape index (κ1) is 13.6. The van der Waals surface area contributed by atoms with Gasteiger partial charge in [-0.2, -0.15) is 11.3 Å². The number of nitrogens with zero attached hydrogens (tertiary/aromatic N) is 2. The number of fused-ring (bicyclic) bond motifs is 1. The van der Waals surface area contributed by atoms with Crippen LogP contribution < -0.4 is 0 Å². The van der Waals surface area contributed by atoms with E-state index in [1.165, 1.54) is 11.3 Å². The number of ether oxygens (including phenoxy) is 1. The number of carbonyl (C=O) groups excluding carboxylic acids is 2. The molecule has 0 radical (unpaired) electrons. The van der Waals surface area contributed by atoms with Gasteiger partial charge in [-0.1, -0.05) is 0 Å². The van der Waals surface area contributed by atoms with Crippen LogP contribution in [-0.4, -0.2) is 61.0 Å². The second-order valence-corrected chi connectivity index (χ2v) is 6.28. The predicted octanol–water partition coefficient (Wildman–Crippen LogP) is 1.07. The van der Waals surface area contributed by atoms with Crippen LogP contribution in [0.15, 0.2) is 16.8 Å². The summed E-state index contributed by atoms with van der Waals surface area (Å²) in [5, 5.41) is 3.75. The Bertz CT molecular complexity index is 514. The largest absolute Gasteiger partial charge is 0.375 e. The molecule has 0 bridgehead atoms. The summed E-state index contributed by atoms with van der Waals surface area (Å²) in [6.07, 6.45) is 0.671. The third-order valence-corrected chi connectivity index (χ3v) is 4.76. The van der Waals surface area contributed by atoms with Gasteiger partial charge in [0.15, 0.2) is 0 Å². The number of hydrogen-bond acceptors (Lipinski definition) is 4. The number of amides is 2. The highest BCUT2D eigenvalue weighted by molar-refractivity contribution is 7.08. The lowest BCUT2D eigenvalue weighted by Gasteiger charge is -2.22. The van der Waals surface area contributed by atoms with E-state index in [4.69, 9.17) is 4.74 Å². The van der Waals surface area contributed by atoms with Crippen molar-refractivity contribution in [1.82, 2.24) is 9.80 Å². The van der Waals surface area contributed by atoms with Gasteiger partial charge in [0.05, 0.1) is 23.6 Å². The first-order chi connectivity index (χ1) is 9.59. The zero-order valence-electron chi connectivity index (χ0n) is 11.6. The molecule has 2 fully saturated rings. The molecule has 20 heavy (non-hydrogen) atoms. The third-order valence-electron chi connectivity index (χ3n) is 4.08. The Morgan fingerprint density at radius 3 is 2.90 bits per heavy atom. The van der Waals surface area contributed by atoms with Gasteiger partial charge in [-0.3, -0.25) is 9.59 Å². The zero-order chi connectivity index (χ0) is 14.3. The first-order valence-corrected chi connectivity index (χ1v) is 7.70. The number of carbonyl (C=O) groups is 2. The molecule has 0 spiro atoms. The second-order valence-electron chi connectivity index (χ2n) is 5.50. The molecule has 2 saturated heterocycles. The van der Waals surface area contributed by atoms with Crippen LogP contribution in [0.4, 0.5) is 0 Å². The van der Waals surface area contributed by atoms with Gasteiger partial charge < -0.3 is 14.5 Å². The van der Waals surface area contributed by atoms with Gasteiger partial charge in [0.2, 0.25) is 5.91 Å². The normalized spacial score (nSPS) is 28.5. The molecule has 0 aliphatic carbocycles. The van der Waals surface area contributed by atoms with Crippen LogP contribution in [0.5, 0.6) is 0 Å². The summed E-state index contributed by atoms with van der Waals surface area (Å²) in [7, 11) is 3.49. The molecule has 0 saturated carbocycles. The van der Waals surface area contributed by atoms with Crippen molar-refractivity contribution in [2.75, 3.05) is 27.2 Å². The van der Waals surface area contributed by atoms with Crippen molar-refractivity contribution in [3.8, 4) is 0 Å². The van der Waals surface area contributed by atoms with Gasteiger partial charge in [0, 0.05) is 32.6 Å². The number of hydrogen-bond donors (Lipinski definition) is 0. The molecule has 108 valence electrons. The highest BCUT2D eigenvalue weighted by atomic mass is 32.1. The molecule has 0 unspecified atom stereocenters. The van der Waals surface area contributed by atoms with E-state index in [1.54, 1.807) is 19.0 Å². The van der Waals surface area contributed by atoms with Gasteiger partial charge in [-0.15, -0.1) is 0 Å². The summed E-state index contributed by atoms with van der Waals surface area (Å²) in [4.78, 5) is 28.2. The fourth-order valence-electron chi connectivity index (χ4n) is 3.10. The first-order valence-electron chi connectivity index (χ1n) is 6.75. The van der Waals surface area contributed by atoms with Gasteiger partial charge in [-0.25, -0.2) is 0 Å². The summed E-state index contributed by atoms with van der Waals surface area (Å²) in [5.74, 6) is -0.177. The molecule has 1 aromatic heterocycles. The van der Waals surface area contributed by atoms with E-state index < -0.39 is 0 Å². The fraction of sp³-hybridized carbons (Fsp3) is 0.571. The molecule has 3 heterocycles. The lowest BCUT2D eigenvalue weighted by atomic mass is 10.0. The Labute approximate surface area is 122 Å². The maximum Gasteiger partial charge on any atom is 0.255 e. The average molecular weight is 294 g/mol. The van der Waals surface area contributed by atoms with Gasteiger partial charge in [-0.05, 0) is 17.9 Å². The zero-order valence-corrected chi connectivity index (χ0v) is 12.4. The Morgan fingerprint density at radius 2 is 2.25 bits per heavy atom. The molecule has 0 aromatic carbocycles. The maximum absolute atomic E-state index is 12.5. The van der Waals surface area contributed by atoms with Crippen molar-refractivity contribution >= 4 is 23.2 Å². The lowest BCUT2D eigenvalue weighted by Crippen LogP contribution is -2.37. The monoisotopic (exact) mass is 294 g/mol. The Kier molecular flexibility index (Phi) is 3.52. The molecule has 2 amide bonds. The van der Waals surface area contributed by atoms with Crippen LogP contribution in [0.25, 0.3) is 0 Å². The molecule has 1 aromatic rings. The Morgan fingerprint density at radius 1 is 1.45 bits per heavy atom. The minimum absolute atomic E-state index is 0.0146. The molecule has 0 N–H and O–H groups in total. The minimum Gasteiger partial charge on any atom is -0.375 e. The predicted molar refractivity (Wildman–Crippen MR) is 75.7 cm³/mol. The van der Waals surface area contributed by atoms with Crippen LogP contribution in [0.2, 0.25) is 0 Å². The maximum atomic E-state index is 12.5. The summed E-state index contributed by atoms with van der Waals surface area (Å²) >= 11 is 1.51. The van der Waals surface area contributed by atoms with E-state index in [0.717, 1.165) is 6.42 Å². The van der Waals surface area contributed by atoms with E-state index in [2.05, 4.69) is 0 Å². The molecular formula is C14H18N2O3S. The lowest BCUT2D eigenvalue weighted by molar-refractivity contribution is -0.135. The summed E-state index contributed by atoms with van der Waals surface area (Å²) in [5.41, 5.74) is 0.707. The van der Waals surface area contributed by atoms with E-state index >= 15 is 0 Å². The molecule has 3 rings (SSSR count). The van der Waals surface area contributed by atoms with E-state index in [-0.39, 0.29) is 29.9 Å². The van der Waals surface area contributed by atoms with Crippen molar-refractivity contribution in [2.45, 2.75) is 18.6 Å². The van der Waals surface area contributed by atoms with Gasteiger partial charge >= 0.3 is 0 Å². The van der Waals surface area contributed by atoms with E-state index in [9.17, 15) is 9.59 Å². The highest BCUT2D eigenvalue weighted by Crippen LogP contribution is 2.35. The molecule has 2 aliphatic heterocycles. The van der Waals surface area contributed by atoms with Crippen LogP contribution in [-0.2, 0) is 9.53 Å². The highest BCUT2D eigenvalue weighted by Gasteiger charge is 2.50. The number of thiophene rings is 1. The quantitative estimate of drug-likeness (QED) is 0.820. The Balaban J connectivity index is 1.83. The molecule has 6 heteroatoms. The number of likely N-dealkylation sites (tertiary alicyclic amines) is 1. The molecular weight excluding hydrogens is 276 g/mol. The van der Waals surface area contributed by atoms with E-state index in [1.807, 2.05) is 21.7 Å². The van der Waals surface area contributed by atoms with Gasteiger partial charge in [0.1, 0.15) is 0 Å². The molecule has 2 aliphatic rings. The molecule has 3 atom stereocenters. The van der Waals surface area contributed by atoms with Crippen LogP contribution in [0.3, 0.4) is 0 Å². The van der Waals surface area contributed by atoms with Crippen molar-refractivity contribution in [3.05, 3.63) is 22.4 Å². The minimum atomic E-state index is -0.236. The number of rotatable bonds is 2. The smallest absolute Gasteiger partial charge is 0.255 e. The van der Waals surface area contributed by atoms with Crippen molar-refractivity contribution < 1.29 is 14.3 Å². The van der Waals surface area contributed by atoms with Gasteiger partial charge in [0.25, 0.3) is 5.91 Å².